The zero-order valence-electron chi connectivity index (χ0n) is 13.1. The molecule has 1 aromatic carbocycles. The Bertz CT molecular complexity index is 761. The van der Waals surface area contributed by atoms with Crippen molar-refractivity contribution in [3.8, 4) is 0 Å². The number of nitro groups is 1. The van der Waals surface area contributed by atoms with Gasteiger partial charge < -0.3 is 10.2 Å². The van der Waals surface area contributed by atoms with Crippen LogP contribution in [0, 0.1) is 10.1 Å². The maximum absolute atomic E-state index is 12.6. The molecule has 0 saturated heterocycles. The normalized spacial score (nSPS) is 12.9. The molecule has 0 atom stereocenters. The van der Waals surface area contributed by atoms with Crippen molar-refractivity contribution in [3.05, 3.63) is 56.9 Å². The largest absolute Gasteiger partial charge is 0.336 e. The molecule has 1 aliphatic rings. The summed E-state index contributed by atoms with van der Waals surface area (Å²) in [6.45, 7) is 1.62. The smallest absolute Gasteiger partial charge is 0.274 e. The predicted octanol–water partition coefficient (Wildman–Crippen LogP) is 1.66. The Morgan fingerprint density at radius 1 is 1.42 bits per heavy atom. The van der Waals surface area contributed by atoms with E-state index in [1.807, 2.05) is 0 Å². The second-order valence-electron chi connectivity index (χ2n) is 5.50. The van der Waals surface area contributed by atoms with Crippen LogP contribution in [0.1, 0.15) is 27.3 Å². The maximum Gasteiger partial charge on any atom is 0.274 e. The van der Waals surface area contributed by atoms with E-state index in [-0.39, 0.29) is 30.5 Å². The van der Waals surface area contributed by atoms with Crippen LogP contribution in [0.3, 0.4) is 0 Å². The second kappa shape index (κ2) is 7.41. The minimum absolute atomic E-state index is 0. The maximum atomic E-state index is 12.6. The molecule has 0 unspecified atom stereocenters. The number of carbonyl (C=O) groups is 1. The van der Waals surface area contributed by atoms with Gasteiger partial charge in [0.1, 0.15) is 0 Å². The molecule has 0 bridgehead atoms. The van der Waals surface area contributed by atoms with E-state index >= 15 is 0 Å². The van der Waals surface area contributed by atoms with Crippen LogP contribution in [0.25, 0.3) is 0 Å². The van der Waals surface area contributed by atoms with E-state index in [1.54, 1.807) is 25.2 Å². The number of amides is 1. The number of aromatic amines is 1. The van der Waals surface area contributed by atoms with Gasteiger partial charge in [-0.2, -0.15) is 5.10 Å². The first-order chi connectivity index (χ1) is 11.1. The fourth-order valence-corrected chi connectivity index (χ4v) is 2.73. The average molecular weight is 352 g/mol. The van der Waals surface area contributed by atoms with Gasteiger partial charge in [-0.05, 0) is 0 Å². The first kappa shape index (κ1) is 17.9. The molecule has 0 spiro atoms. The molecule has 1 aliphatic heterocycles. The number of H-pyrrole nitrogens is 1. The number of halogens is 1. The summed E-state index contributed by atoms with van der Waals surface area (Å²) in [5, 5.41) is 21.3. The second-order valence-corrected chi connectivity index (χ2v) is 5.50. The summed E-state index contributed by atoms with van der Waals surface area (Å²) < 4.78 is 0. The fourth-order valence-electron chi connectivity index (χ4n) is 2.73. The van der Waals surface area contributed by atoms with E-state index < -0.39 is 4.92 Å². The number of hydrogen-bond donors (Lipinski definition) is 2. The fraction of sp³-hybridized carbons (Fsp3) is 0.333. The molecule has 9 heteroatoms. The van der Waals surface area contributed by atoms with Crippen molar-refractivity contribution in [1.29, 1.82) is 0 Å². The number of nitrogens with one attached hydrogen (secondary N) is 2. The van der Waals surface area contributed by atoms with Gasteiger partial charge in [-0.1, -0.05) is 18.2 Å². The summed E-state index contributed by atoms with van der Waals surface area (Å²) in [6, 6.07) is 6.43. The molecule has 2 N–H and O–H groups in total. The van der Waals surface area contributed by atoms with Gasteiger partial charge >= 0.3 is 0 Å². The van der Waals surface area contributed by atoms with Crippen LogP contribution in [0.2, 0.25) is 0 Å². The molecule has 2 heterocycles. The number of aromatic nitrogens is 2. The van der Waals surface area contributed by atoms with Gasteiger partial charge in [0.25, 0.3) is 11.6 Å². The van der Waals surface area contributed by atoms with Crippen LogP contribution in [0.4, 0.5) is 5.69 Å². The first-order valence-corrected chi connectivity index (χ1v) is 7.32. The Labute approximate surface area is 144 Å². The number of rotatable bonds is 4. The molecular weight excluding hydrogens is 334 g/mol. The minimum atomic E-state index is -0.437. The highest BCUT2D eigenvalue weighted by Crippen LogP contribution is 2.21. The number of fused-ring (bicyclic) bond motifs is 1. The predicted molar refractivity (Wildman–Crippen MR) is 90.1 cm³/mol. The van der Waals surface area contributed by atoms with Crippen LogP contribution in [0.15, 0.2) is 24.3 Å². The summed E-state index contributed by atoms with van der Waals surface area (Å²) in [4.78, 5) is 24.7. The highest BCUT2D eigenvalue weighted by atomic mass is 35.5. The molecule has 0 radical (unpaired) electrons. The van der Waals surface area contributed by atoms with E-state index in [4.69, 9.17) is 0 Å². The number of carbonyl (C=O) groups excluding carboxylic acids is 1. The molecule has 0 saturated carbocycles. The number of nitro benzene ring substituents is 1. The van der Waals surface area contributed by atoms with Crippen LogP contribution >= 0.6 is 12.4 Å². The Kier molecular flexibility index (Phi) is 5.53. The SMILES string of the molecule is CN(Cc1ccccc1[N+](=O)[O-])C(=O)c1n[nH]c2c1CNCC2.Cl. The zero-order valence-corrected chi connectivity index (χ0v) is 13.9. The van der Waals surface area contributed by atoms with Gasteiger partial charge in [0, 0.05) is 49.4 Å². The molecule has 1 aromatic heterocycles. The minimum Gasteiger partial charge on any atom is -0.336 e. The average Bonchev–Trinajstić information content (AvgIpc) is 2.98. The third kappa shape index (κ3) is 3.39. The van der Waals surface area contributed by atoms with E-state index in [0.717, 1.165) is 24.2 Å². The number of para-hydroxylation sites is 1. The van der Waals surface area contributed by atoms with Gasteiger partial charge in [0.2, 0.25) is 0 Å². The monoisotopic (exact) mass is 351 g/mol. The summed E-state index contributed by atoms with van der Waals surface area (Å²) in [6.07, 6.45) is 0.809. The van der Waals surface area contributed by atoms with Crippen molar-refractivity contribution >= 4 is 24.0 Å². The lowest BCUT2D eigenvalue weighted by molar-refractivity contribution is -0.385. The Balaban J connectivity index is 0.00000208. The van der Waals surface area contributed by atoms with Gasteiger partial charge in [-0.15, -0.1) is 12.4 Å². The molecule has 1 amide bonds. The lowest BCUT2D eigenvalue weighted by Gasteiger charge is -2.18. The standard InChI is InChI=1S/C15H17N5O3.ClH/c1-19(9-10-4-2-3-5-13(10)20(22)23)15(21)14-11-8-16-7-6-12(11)17-18-14;/h2-5,16H,6-9H2,1H3,(H,17,18);1H. The van der Waals surface area contributed by atoms with Crippen molar-refractivity contribution in [1.82, 2.24) is 20.4 Å². The Morgan fingerprint density at radius 2 is 2.17 bits per heavy atom. The third-order valence-electron chi connectivity index (χ3n) is 3.95. The summed E-state index contributed by atoms with van der Waals surface area (Å²) >= 11 is 0. The highest BCUT2D eigenvalue weighted by molar-refractivity contribution is 5.93. The lowest BCUT2D eigenvalue weighted by atomic mass is 10.1. The molecule has 0 fully saturated rings. The van der Waals surface area contributed by atoms with Crippen LogP contribution in [-0.2, 0) is 19.5 Å². The van der Waals surface area contributed by atoms with Crippen molar-refractivity contribution in [2.24, 2.45) is 0 Å². The van der Waals surface area contributed by atoms with Gasteiger partial charge in [0.15, 0.2) is 5.69 Å². The molecule has 128 valence electrons. The lowest BCUT2D eigenvalue weighted by Crippen LogP contribution is -2.30. The van der Waals surface area contributed by atoms with E-state index in [9.17, 15) is 14.9 Å². The van der Waals surface area contributed by atoms with Crippen LogP contribution in [0.5, 0.6) is 0 Å². The molecule has 3 rings (SSSR count). The molecule has 24 heavy (non-hydrogen) atoms. The van der Waals surface area contributed by atoms with E-state index in [0.29, 0.717) is 17.8 Å². The van der Waals surface area contributed by atoms with Crippen molar-refractivity contribution in [3.63, 3.8) is 0 Å². The van der Waals surface area contributed by atoms with Crippen molar-refractivity contribution in [2.75, 3.05) is 13.6 Å². The summed E-state index contributed by atoms with van der Waals surface area (Å²) in [5.41, 5.74) is 2.75. The summed E-state index contributed by atoms with van der Waals surface area (Å²) in [5.74, 6) is -0.246. The van der Waals surface area contributed by atoms with Crippen LogP contribution in [-0.4, -0.2) is 39.5 Å². The Morgan fingerprint density at radius 3 is 2.92 bits per heavy atom. The molecule has 0 aliphatic carbocycles. The molecular formula is C15H18ClN5O3. The Hall–Kier alpha value is -2.45. The van der Waals surface area contributed by atoms with E-state index in [1.165, 1.54) is 11.0 Å². The number of benzene rings is 1. The van der Waals surface area contributed by atoms with Gasteiger partial charge in [-0.25, -0.2) is 0 Å². The van der Waals surface area contributed by atoms with Crippen molar-refractivity contribution < 1.29 is 9.72 Å². The molecule has 2 aromatic rings. The third-order valence-corrected chi connectivity index (χ3v) is 3.95. The van der Waals surface area contributed by atoms with Gasteiger partial charge in [0.05, 0.1) is 11.5 Å². The van der Waals surface area contributed by atoms with E-state index in [2.05, 4.69) is 15.5 Å². The van der Waals surface area contributed by atoms with Gasteiger partial charge in [-0.3, -0.25) is 20.0 Å². The first-order valence-electron chi connectivity index (χ1n) is 7.32. The van der Waals surface area contributed by atoms with Crippen LogP contribution < -0.4 is 5.32 Å². The molecule has 8 nitrogen and oxygen atoms in total. The number of hydrogen-bond acceptors (Lipinski definition) is 5. The topological polar surface area (TPSA) is 104 Å². The van der Waals surface area contributed by atoms with Crippen molar-refractivity contribution in [2.45, 2.75) is 19.5 Å². The number of nitrogens with zero attached hydrogens (tertiary/aromatic N) is 3. The quantitative estimate of drug-likeness (QED) is 0.644. The summed E-state index contributed by atoms with van der Waals surface area (Å²) in [7, 11) is 1.62. The highest BCUT2D eigenvalue weighted by Gasteiger charge is 2.25. The zero-order chi connectivity index (χ0) is 16.4.